The number of nitrogens with one attached hydrogen (secondary N) is 2. The normalized spacial score (nSPS) is 11.7. The molecule has 0 radical (unpaired) electrons. The fourth-order valence-corrected chi connectivity index (χ4v) is 2.13. The summed E-state index contributed by atoms with van der Waals surface area (Å²) in [5.74, 6) is -1.69. The van der Waals surface area contributed by atoms with Gasteiger partial charge in [-0.3, -0.25) is 19.9 Å². The Labute approximate surface area is 139 Å². The Morgan fingerprint density at radius 1 is 1.29 bits per heavy atom. The molecule has 1 unspecified atom stereocenters. The van der Waals surface area contributed by atoms with Crippen molar-refractivity contribution in [2.24, 2.45) is 0 Å². The maximum absolute atomic E-state index is 12.1. The first-order valence-corrected chi connectivity index (χ1v) is 7.40. The van der Waals surface area contributed by atoms with E-state index < -0.39 is 17.9 Å². The molecule has 0 bridgehead atoms. The van der Waals surface area contributed by atoms with Crippen molar-refractivity contribution in [3.8, 4) is 5.75 Å². The van der Waals surface area contributed by atoms with Crippen LogP contribution in [-0.2, 0) is 16.1 Å². The molecule has 2 rings (SSSR count). The van der Waals surface area contributed by atoms with Crippen LogP contribution in [0.5, 0.6) is 5.75 Å². The molecule has 1 atom stereocenters. The molecule has 7 nitrogen and oxygen atoms in total. The summed E-state index contributed by atoms with van der Waals surface area (Å²) >= 11 is 0. The molecule has 0 fully saturated rings. The van der Waals surface area contributed by atoms with Gasteiger partial charge in [0.1, 0.15) is 11.8 Å². The van der Waals surface area contributed by atoms with E-state index in [1.807, 2.05) is 13.0 Å². The number of carboxylic acid groups (broad SMARTS) is 1. The van der Waals surface area contributed by atoms with Gasteiger partial charge in [0, 0.05) is 18.9 Å². The monoisotopic (exact) mass is 329 g/mol. The predicted molar refractivity (Wildman–Crippen MR) is 88.6 cm³/mol. The molecule has 1 heterocycles. The third-order valence-corrected chi connectivity index (χ3v) is 3.39. The highest BCUT2D eigenvalue weighted by Gasteiger charge is 2.21. The zero-order valence-corrected chi connectivity index (χ0v) is 13.2. The van der Waals surface area contributed by atoms with E-state index in [9.17, 15) is 19.8 Å². The van der Waals surface area contributed by atoms with E-state index in [-0.39, 0.29) is 24.4 Å². The second kappa shape index (κ2) is 8.07. The standard InChI is InChI=1S/C17H19N3O4/c1-11-4-5-15(21)13(7-11)20-16(22)8-14(17(23)24)19-10-12-3-2-6-18-9-12/h2-7,9,14,19,21H,8,10H2,1H3,(H,20,22)(H,23,24). The number of nitrogens with zero attached hydrogens (tertiary/aromatic N) is 1. The largest absolute Gasteiger partial charge is 0.506 e. The van der Waals surface area contributed by atoms with E-state index in [4.69, 9.17) is 0 Å². The molecule has 4 N–H and O–H groups in total. The van der Waals surface area contributed by atoms with Crippen molar-refractivity contribution in [2.45, 2.75) is 25.9 Å². The fraction of sp³-hybridized carbons (Fsp3) is 0.235. The third kappa shape index (κ3) is 5.06. The molecule has 0 saturated carbocycles. The number of hydrogen-bond donors (Lipinski definition) is 4. The van der Waals surface area contributed by atoms with Crippen LogP contribution in [0.4, 0.5) is 5.69 Å². The summed E-state index contributed by atoms with van der Waals surface area (Å²) in [5, 5.41) is 24.3. The SMILES string of the molecule is Cc1ccc(O)c(NC(=O)CC(NCc2cccnc2)C(=O)O)c1. The van der Waals surface area contributed by atoms with Crippen molar-refractivity contribution in [1.82, 2.24) is 10.3 Å². The number of pyridine rings is 1. The van der Waals surface area contributed by atoms with Gasteiger partial charge in [-0.1, -0.05) is 12.1 Å². The zero-order chi connectivity index (χ0) is 17.5. The van der Waals surface area contributed by atoms with Crippen LogP contribution >= 0.6 is 0 Å². The number of aryl methyl sites for hydroxylation is 1. The van der Waals surface area contributed by atoms with Gasteiger partial charge in [0.05, 0.1) is 12.1 Å². The van der Waals surface area contributed by atoms with Crippen molar-refractivity contribution >= 4 is 17.6 Å². The zero-order valence-electron chi connectivity index (χ0n) is 13.2. The molecule has 2 aromatic rings. The second-order valence-corrected chi connectivity index (χ2v) is 5.41. The Hall–Kier alpha value is -2.93. The number of aromatic nitrogens is 1. The number of amides is 1. The second-order valence-electron chi connectivity index (χ2n) is 5.41. The van der Waals surface area contributed by atoms with Gasteiger partial charge in [0.15, 0.2) is 0 Å². The molecule has 0 aliphatic carbocycles. The number of aromatic hydroxyl groups is 1. The number of benzene rings is 1. The molecular weight excluding hydrogens is 310 g/mol. The first-order valence-electron chi connectivity index (χ1n) is 7.40. The highest BCUT2D eigenvalue weighted by Crippen LogP contribution is 2.24. The van der Waals surface area contributed by atoms with Gasteiger partial charge in [-0.2, -0.15) is 0 Å². The number of carbonyl (C=O) groups excluding carboxylic acids is 1. The molecule has 0 spiro atoms. The van der Waals surface area contributed by atoms with E-state index in [2.05, 4.69) is 15.6 Å². The highest BCUT2D eigenvalue weighted by molar-refractivity contribution is 5.95. The quantitative estimate of drug-likeness (QED) is 0.575. The Morgan fingerprint density at radius 2 is 2.08 bits per heavy atom. The summed E-state index contributed by atoms with van der Waals surface area (Å²) in [4.78, 5) is 27.3. The number of anilines is 1. The average molecular weight is 329 g/mol. The lowest BCUT2D eigenvalue weighted by Gasteiger charge is -2.15. The maximum atomic E-state index is 12.1. The van der Waals surface area contributed by atoms with E-state index in [1.54, 1.807) is 30.6 Å². The first-order chi connectivity index (χ1) is 11.5. The molecule has 1 aromatic heterocycles. The summed E-state index contributed by atoms with van der Waals surface area (Å²) in [5.41, 5.74) is 1.95. The summed E-state index contributed by atoms with van der Waals surface area (Å²) in [6, 6.07) is 7.31. The minimum atomic E-state index is -1.12. The Balaban J connectivity index is 1.95. The molecular formula is C17H19N3O4. The number of phenols is 1. The Kier molecular flexibility index (Phi) is 5.86. The van der Waals surface area contributed by atoms with E-state index in [0.29, 0.717) is 0 Å². The summed E-state index contributed by atoms with van der Waals surface area (Å²) < 4.78 is 0. The van der Waals surface area contributed by atoms with Crippen LogP contribution in [0.15, 0.2) is 42.7 Å². The van der Waals surface area contributed by atoms with E-state index in [1.165, 1.54) is 6.07 Å². The van der Waals surface area contributed by atoms with Gasteiger partial charge < -0.3 is 15.5 Å². The molecule has 0 aliphatic heterocycles. The van der Waals surface area contributed by atoms with Crippen molar-refractivity contribution in [3.05, 3.63) is 53.9 Å². The molecule has 1 aromatic carbocycles. The number of carbonyl (C=O) groups is 2. The van der Waals surface area contributed by atoms with Crippen LogP contribution in [0.3, 0.4) is 0 Å². The van der Waals surface area contributed by atoms with Crippen molar-refractivity contribution < 1.29 is 19.8 Å². The van der Waals surface area contributed by atoms with Crippen LogP contribution in [0.2, 0.25) is 0 Å². The number of rotatable bonds is 7. The van der Waals surface area contributed by atoms with Gasteiger partial charge in [-0.25, -0.2) is 0 Å². The van der Waals surface area contributed by atoms with Gasteiger partial charge in [0.25, 0.3) is 0 Å². The molecule has 126 valence electrons. The lowest BCUT2D eigenvalue weighted by molar-refractivity contribution is -0.141. The van der Waals surface area contributed by atoms with Gasteiger partial charge in [-0.15, -0.1) is 0 Å². The highest BCUT2D eigenvalue weighted by atomic mass is 16.4. The van der Waals surface area contributed by atoms with Crippen LogP contribution in [0, 0.1) is 6.92 Å². The van der Waals surface area contributed by atoms with E-state index in [0.717, 1.165) is 11.1 Å². The van der Waals surface area contributed by atoms with Crippen molar-refractivity contribution in [2.75, 3.05) is 5.32 Å². The third-order valence-electron chi connectivity index (χ3n) is 3.39. The van der Waals surface area contributed by atoms with Crippen molar-refractivity contribution in [3.63, 3.8) is 0 Å². The molecule has 1 amide bonds. The average Bonchev–Trinajstić information content (AvgIpc) is 2.55. The molecule has 7 heteroatoms. The van der Waals surface area contributed by atoms with Gasteiger partial charge >= 0.3 is 5.97 Å². The van der Waals surface area contributed by atoms with Crippen LogP contribution < -0.4 is 10.6 Å². The summed E-state index contributed by atoms with van der Waals surface area (Å²) in [6.45, 7) is 2.11. The van der Waals surface area contributed by atoms with Gasteiger partial charge in [0.2, 0.25) is 5.91 Å². The van der Waals surface area contributed by atoms with Gasteiger partial charge in [-0.05, 0) is 36.2 Å². The minimum Gasteiger partial charge on any atom is -0.506 e. The Morgan fingerprint density at radius 3 is 2.75 bits per heavy atom. The van der Waals surface area contributed by atoms with Crippen LogP contribution in [0.1, 0.15) is 17.5 Å². The summed E-state index contributed by atoms with van der Waals surface area (Å²) in [6.07, 6.45) is 2.99. The lowest BCUT2D eigenvalue weighted by atomic mass is 10.1. The Bertz CT molecular complexity index is 719. The lowest BCUT2D eigenvalue weighted by Crippen LogP contribution is -2.39. The number of phenolic OH excluding ortho intramolecular Hbond substituents is 1. The molecule has 0 aliphatic rings. The topological polar surface area (TPSA) is 112 Å². The maximum Gasteiger partial charge on any atom is 0.321 e. The number of aliphatic carboxylic acids is 1. The number of carboxylic acids is 1. The van der Waals surface area contributed by atoms with Crippen LogP contribution in [0.25, 0.3) is 0 Å². The fourth-order valence-electron chi connectivity index (χ4n) is 2.13. The minimum absolute atomic E-state index is 0.0656. The summed E-state index contributed by atoms with van der Waals surface area (Å²) in [7, 11) is 0. The van der Waals surface area contributed by atoms with E-state index >= 15 is 0 Å². The van der Waals surface area contributed by atoms with Crippen molar-refractivity contribution in [1.29, 1.82) is 0 Å². The molecule has 24 heavy (non-hydrogen) atoms. The molecule has 0 saturated heterocycles. The predicted octanol–water partition coefficient (Wildman–Crippen LogP) is 1.67. The smallest absolute Gasteiger partial charge is 0.321 e. The number of hydrogen-bond acceptors (Lipinski definition) is 5. The van der Waals surface area contributed by atoms with Crippen LogP contribution in [-0.4, -0.2) is 33.1 Å². The first kappa shape index (κ1) is 17.4.